The molecule has 124 valence electrons. The molecule has 1 amide bonds. The normalized spacial score (nSPS) is 18.4. The van der Waals surface area contributed by atoms with E-state index in [9.17, 15) is 4.79 Å². The van der Waals surface area contributed by atoms with Gasteiger partial charge in [-0.3, -0.25) is 14.7 Å². The molecule has 2 aliphatic rings. The molecule has 2 aromatic rings. The van der Waals surface area contributed by atoms with Crippen LogP contribution in [0, 0.1) is 0 Å². The molecule has 2 fully saturated rings. The van der Waals surface area contributed by atoms with Crippen molar-refractivity contribution in [2.75, 3.05) is 25.4 Å². The number of nitrogen functional groups attached to an aromatic ring is 1. The molecule has 0 unspecified atom stereocenters. The molecular weight excluding hydrogens is 302 g/mol. The molecule has 6 heteroatoms. The molecule has 1 aliphatic carbocycles. The number of nitrogens with zero attached hydrogens (tertiary/aromatic N) is 3. The van der Waals surface area contributed by atoms with Crippen molar-refractivity contribution in [2.24, 2.45) is 0 Å². The van der Waals surface area contributed by atoms with Gasteiger partial charge in [0, 0.05) is 31.4 Å². The first kappa shape index (κ1) is 15.1. The van der Waals surface area contributed by atoms with Crippen LogP contribution >= 0.6 is 0 Å². The van der Waals surface area contributed by atoms with Crippen LogP contribution in [0.15, 0.2) is 30.5 Å². The molecule has 1 aliphatic heterocycles. The van der Waals surface area contributed by atoms with Crippen LogP contribution in [0.1, 0.15) is 30.0 Å². The van der Waals surface area contributed by atoms with Crippen molar-refractivity contribution in [1.29, 1.82) is 0 Å². The summed E-state index contributed by atoms with van der Waals surface area (Å²) in [7, 11) is 0. The number of hydrogen-bond donors (Lipinski definition) is 2. The fourth-order valence-electron chi connectivity index (χ4n) is 3.15. The molecule has 0 bridgehead atoms. The van der Waals surface area contributed by atoms with Gasteiger partial charge < -0.3 is 11.1 Å². The number of carbonyl (C=O) groups excluding carboxylic acids is 1. The second-order valence-electron chi connectivity index (χ2n) is 6.58. The Kier molecular flexibility index (Phi) is 3.90. The zero-order chi connectivity index (χ0) is 16.5. The molecule has 6 nitrogen and oxygen atoms in total. The average Bonchev–Trinajstić information content (AvgIpc) is 3.39. The van der Waals surface area contributed by atoms with Crippen molar-refractivity contribution < 1.29 is 4.79 Å². The zero-order valence-electron chi connectivity index (χ0n) is 13.5. The summed E-state index contributed by atoms with van der Waals surface area (Å²) < 4.78 is 0. The van der Waals surface area contributed by atoms with E-state index in [4.69, 9.17) is 5.73 Å². The van der Waals surface area contributed by atoms with Crippen LogP contribution in [-0.4, -0.2) is 40.4 Å². The molecule has 2 aromatic heterocycles. The predicted molar refractivity (Wildman–Crippen MR) is 92.1 cm³/mol. The number of nitrogens with two attached hydrogens (primary N) is 1. The smallest absolute Gasteiger partial charge is 0.234 e. The highest BCUT2D eigenvalue weighted by Crippen LogP contribution is 2.41. The Hall–Kier alpha value is -2.47. The molecule has 0 aromatic carbocycles. The van der Waals surface area contributed by atoms with E-state index in [-0.39, 0.29) is 5.91 Å². The number of rotatable bonds is 4. The van der Waals surface area contributed by atoms with E-state index in [0.717, 1.165) is 23.5 Å². The van der Waals surface area contributed by atoms with Crippen LogP contribution in [0.25, 0.3) is 11.3 Å². The molecular formula is C18H21N5O. The van der Waals surface area contributed by atoms with Crippen molar-refractivity contribution in [3.8, 4) is 11.3 Å². The van der Waals surface area contributed by atoms with E-state index >= 15 is 0 Å². The Balaban J connectivity index is 1.57. The van der Waals surface area contributed by atoms with Crippen LogP contribution in [0.2, 0.25) is 0 Å². The third-order valence-electron chi connectivity index (χ3n) is 4.53. The Bertz CT molecular complexity index is 772. The number of piperazine rings is 1. The number of amides is 1. The van der Waals surface area contributed by atoms with Crippen molar-refractivity contribution >= 4 is 11.7 Å². The molecule has 1 saturated heterocycles. The Morgan fingerprint density at radius 3 is 2.96 bits per heavy atom. The Morgan fingerprint density at radius 1 is 1.29 bits per heavy atom. The van der Waals surface area contributed by atoms with E-state index in [1.807, 2.05) is 18.2 Å². The minimum Gasteiger partial charge on any atom is -0.384 e. The molecule has 24 heavy (non-hydrogen) atoms. The van der Waals surface area contributed by atoms with E-state index in [1.165, 1.54) is 18.4 Å². The second-order valence-corrected chi connectivity index (χ2v) is 6.58. The molecule has 0 radical (unpaired) electrons. The van der Waals surface area contributed by atoms with Crippen LogP contribution in [0.5, 0.6) is 0 Å². The highest BCUT2D eigenvalue weighted by molar-refractivity contribution is 5.78. The van der Waals surface area contributed by atoms with E-state index in [1.54, 1.807) is 6.20 Å². The van der Waals surface area contributed by atoms with Crippen molar-refractivity contribution in [1.82, 2.24) is 20.2 Å². The summed E-state index contributed by atoms with van der Waals surface area (Å²) in [4.78, 5) is 22.5. The summed E-state index contributed by atoms with van der Waals surface area (Å²) in [5.74, 6) is 1.28. The number of hydrogen-bond acceptors (Lipinski definition) is 5. The number of pyridine rings is 2. The van der Waals surface area contributed by atoms with E-state index in [0.29, 0.717) is 31.4 Å². The van der Waals surface area contributed by atoms with Crippen LogP contribution < -0.4 is 11.1 Å². The first-order valence-electron chi connectivity index (χ1n) is 8.39. The van der Waals surface area contributed by atoms with Gasteiger partial charge >= 0.3 is 0 Å². The Labute approximate surface area is 141 Å². The predicted octanol–water partition coefficient (Wildman–Crippen LogP) is 1.53. The highest BCUT2D eigenvalue weighted by atomic mass is 16.2. The standard InChI is InChI=1S/C18H21N5O/c19-17-9-14(12-1-2-12)8-16(22-17)13-3-4-20-15(7-13)10-23-6-5-21-18(24)11-23/h3-4,7-9,12H,1-2,5-6,10-11H2,(H2,19,22)(H,21,24). The van der Waals surface area contributed by atoms with Gasteiger partial charge in [-0.2, -0.15) is 0 Å². The fourth-order valence-corrected chi connectivity index (χ4v) is 3.15. The van der Waals surface area contributed by atoms with E-state index < -0.39 is 0 Å². The minimum atomic E-state index is 0.0731. The third-order valence-corrected chi connectivity index (χ3v) is 4.53. The quantitative estimate of drug-likeness (QED) is 0.891. The average molecular weight is 323 g/mol. The maximum atomic E-state index is 11.5. The summed E-state index contributed by atoms with van der Waals surface area (Å²) >= 11 is 0. The molecule has 0 spiro atoms. The molecule has 1 saturated carbocycles. The first-order chi connectivity index (χ1) is 11.7. The van der Waals surface area contributed by atoms with Crippen molar-refractivity contribution in [3.63, 3.8) is 0 Å². The summed E-state index contributed by atoms with van der Waals surface area (Å²) in [5.41, 5.74) is 10.1. The van der Waals surface area contributed by atoms with Crippen LogP contribution in [-0.2, 0) is 11.3 Å². The largest absolute Gasteiger partial charge is 0.384 e. The topological polar surface area (TPSA) is 84.1 Å². The van der Waals surface area contributed by atoms with Gasteiger partial charge in [-0.05, 0) is 48.6 Å². The lowest BCUT2D eigenvalue weighted by molar-refractivity contribution is -0.124. The third kappa shape index (κ3) is 3.38. The maximum absolute atomic E-state index is 11.5. The van der Waals surface area contributed by atoms with Crippen molar-refractivity contribution in [3.05, 3.63) is 41.7 Å². The Morgan fingerprint density at radius 2 is 2.17 bits per heavy atom. The van der Waals surface area contributed by atoms with Gasteiger partial charge in [-0.1, -0.05) is 0 Å². The summed E-state index contributed by atoms with van der Waals surface area (Å²) in [6.07, 6.45) is 4.28. The van der Waals surface area contributed by atoms with Crippen LogP contribution in [0.4, 0.5) is 5.82 Å². The monoisotopic (exact) mass is 323 g/mol. The SMILES string of the molecule is Nc1cc(C2CC2)cc(-c2ccnc(CN3CCNC(=O)C3)c2)n1. The summed E-state index contributed by atoms with van der Waals surface area (Å²) in [6, 6.07) is 8.13. The van der Waals surface area contributed by atoms with Crippen molar-refractivity contribution in [2.45, 2.75) is 25.3 Å². The number of anilines is 1. The van der Waals surface area contributed by atoms with Gasteiger partial charge in [-0.15, -0.1) is 0 Å². The number of carbonyl (C=O) groups is 1. The van der Waals surface area contributed by atoms with Gasteiger partial charge in [-0.25, -0.2) is 4.98 Å². The lowest BCUT2D eigenvalue weighted by Gasteiger charge is -2.26. The second kappa shape index (κ2) is 6.20. The van der Waals surface area contributed by atoms with Gasteiger partial charge in [0.15, 0.2) is 0 Å². The van der Waals surface area contributed by atoms with E-state index in [2.05, 4.69) is 26.3 Å². The van der Waals surface area contributed by atoms with Gasteiger partial charge in [0.1, 0.15) is 5.82 Å². The first-order valence-corrected chi connectivity index (χ1v) is 8.39. The number of aromatic nitrogens is 2. The van der Waals surface area contributed by atoms with Crippen LogP contribution in [0.3, 0.4) is 0 Å². The van der Waals surface area contributed by atoms with Gasteiger partial charge in [0.25, 0.3) is 0 Å². The number of nitrogens with one attached hydrogen (secondary N) is 1. The summed E-state index contributed by atoms with van der Waals surface area (Å²) in [5, 5.41) is 2.84. The fraction of sp³-hybridized carbons (Fsp3) is 0.389. The lowest BCUT2D eigenvalue weighted by atomic mass is 10.1. The minimum absolute atomic E-state index is 0.0731. The zero-order valence-corrected chi connectivity index (χ0v) is 13.5. The molecule has 0 atom stereocenters. The molecule has 3 heterocycles. The van der Waals surface area contributed by atoms with Gasteiger partial charge in [0.2, 0.25) is 5.91 Å². The molecule has 3 N–H and O–H groups in total. The summed E-state index contributed by atoms with van der Waals surface area (Å²) in [6.45, 7) is 2.63. The highest BCUT2D eigenvalue weighted by Gasteiger charge is 2.24. The van der Waals surface area contributed by atoms with Gasteiger partial charge in [0.05, 0.1) is 17.9 Å². The lowest BCUT2D eigenvalue weighted by Crippen LogP contribution is -2.47. The maximum Gasteiger partial charge on any atom is 0.234 e. The molecule has 4 rings (SSSR count).